The highest BCUT2D eigenvalue weighted by Crippen LogP contribution is 2.28. The van der Waals surface area contributed by atoms with Gasteiger partial charge < -0.3 is 14.1 Å². The second kappa shape index (κ2) is 10.6. The third-order valence-electron chi connectivity index (χ3n) is 5.05. The molecule has 1 N–H and O–H groups in total. The first kappa shape index (κ1) is 23.8. The monoisotopic (exact) mass is 465 g/mol. The normalized spacial score (nSPS) is 10.9. The van der Waals surface area contributed by atoms with Gasteiger partial charge in [-0.2, -0.15) is 10.2 Å². The van der Waals surface area contributed by atoms with Crippen molar-refractivity contribution >= 4 is 10.0 Å². The zero-order chi connectivity index (χ0) is 23.8. The molecule has 0 aliphatic carbocycles. The van der Waals surface area contributed by atoms with E-state index in [0.29, 0.717) is 29.2 Å². The molecule has 33 heavy (non-hydrogen) atoms. The summed E-state index contributed by atoms with van der Waals surface area (Å²) in [7, 11) is -2.55. The maximum Gasteiger partial charge on any atom is 0.308 e. The Hall–Kier alpha value is -3.86. The van der Waals surface area contributed by atoms with E-state index in [0.717, 1.165) is 30.7 Å². The molecule has 0 amide bonds. The number of aryl methyl sites for hydroxylation is 1. The molecule has 0 saturated heterocycles. The van der Waals surface area contributed by atoms with Gasteiger partial charge in [0.2, 0.25) is 0 Å². The summed E-state index contributed by atoms with van der Waals surface area (Å²) in [6, 6.07) is 16.0. The Labute approximate surface area is 192 Å². The van der Waals surface area contributed by atoms with Crippen molar-refractivity contribution in [3.8, 4) is 29.3 Å². The van der Waals surface area contributed by atoms with Crippen molar-refractivity contribution in [3.05, 3.63) is 65.6 Å². The van der Waals surface area contributed by atoms with E-state index in [1.165, 1.54) is 19.4 Å². The standard InChI is InChI=1S/C23H23N5O4S/c1-3-4-9-22-26-23(31-2)20(14-24)28(22)15-17-10-12-18(13-11-17)19-7-5-6-8-21(19)33(29,30)27-32-16-25/h5-8,10-13,27H,3-4,9,15H2,1-2H3. The highest BCUT2D eigenvalue weighted by Gasteiger charge is 2.20. The molecule has 3 aromatic rings. The lowest BCUT2D eigenvalue weighted by molar-refractivity contribution is 0.222. The molecule has 0 aliphatic heterocycles. The summed E-state index contributed by atoms with van der Waals surface area (Å²) in [4.78, 5) is 10.5. The summed E-state index contributed by atoms with van der Waals surface area (Å²) in [6.45, 7) is 2.52. The highest BCUT2D eigenvalue weighted by molar-refractivity contribution is 7.89. The van der Waals surface area contributed by atoms with Crippen molar-refractivity contribution in [2.24, 2.45) is 0 Å². The molecular weight excluding hydrogens is 442 g/mol. The van der Waals surface area contributed by atoms with Crippen LogP contribution in [0.5, 0.6) is 5.88 Å². The van der Waals surface area contributed by atoms with Crippen LogP contribution in [-0.2, 0) is 27.8 Å². The second-order valence-corrected chi connectivity index (χ2v) is 8.77. The van der Waals surface area contributed by atoms with Gasteiger partial charge in [0, 0.05) is 12.0 Å². The third-order valence-corrected chi connectivity index (χ3v) is 6.28. The number of sulfonamides is 1. The molecule has 170 valence electrons. The zero-order valence-electron chi connectivity index (χ0n) is 18.3. The largest absolute Gasteiger partial charge is 0.479 e. The Balaban J connectivity index is 1.93. The van der Waals surface area contributed by atoms with Crippen LogP contribution in [0.15, 0.2) is 53.4 Å². The van der Waals surface area contributed by atoms with Crippen molar-refractivity contribution < 1.29 is 18.0 Å². The summed E-state index contributed by atoms with van der Waals surface area (Å²) in [5.74, 6) is 1.10. The van der Waals surface area contributed by atoms with Gasteiger partial charge in [0.05, 0.1) is 18.6 Å². The number of nitriles is 2. The van der Waals surface area contributed by atoms with Crippen LogP contribution in [0.3, 0.4) is 0 Å². The molecule has 0 aliphatic rings. The van der Waals surface area contributed by atoms with E-state index in [4.69, 9.17) is 10.00 Å². The number of ether oxygens (including phenoxy) is 1. The number of rotatable bonds is 10. The SMILES string of the molecule is CCCCc1nc(OC)c(C#N)n1Cc1ccc(-c2ccccc2S(=O)(=O)NOC#N)cc1. The predicted molar refractivity (Wildman–Crippen MR) is 120 cm³/mol. The minimum absolute atomic E-state index is 0.0130. The number of benzene rings is 2. The zero-order valence-corrected chi connectivity index (χ0v) is 19.1. The van der Waals surface area contributed by atoms with Gasteiger partial charge in [0.1, 0.15) is 11.9 Å². The van der Waals surface area contributed by atoms with Gasteiger partial charge in [-0.3, -0.25) is 0 Å². The lowest BCUT2D eigenvalue weighted by Crippen LogP contribution is -2.22. The average molecular weight is 466 g/mol. The Kier molecular flexibility index (Phi) is 7.67. The van der Waals surface area contributed by atoms with Crippen molar-refractivity contribution in [2.75, 3.05) is 7.11 Å². The van der Waals surface area contributed by atoms with E-state index in [9.17, 15) is 13.7 Å². The molecule has 2 aromatic carbocycles. The van der Waals surface area contributed by atoms with Gasteiger partial charge in [-0.25, -0.2) is 8.42 Å². The number of nitrogens with zero attached hydrogens (tertiary/aromatic N) is 4. The van der Waals surface area contributed by atoms with Crippen LogP contribution >= 0.6 is 0 Å². The lowest BCUT2D eigenvalue weighted by atomic mass is 10.0. The van der Waals surface area contributed by atoms with E-state index in [2.05, 4.69) is 22.8 Å². The predicted octanol–water partition coefficient (Wildman–Crippen LogP) is 3.51. The highest BCUT2D eigenvalue weighted by atomic mass is 32.2. The van der Waals surface area contributed by atoms with Gasteiger partial charge in [-0.1, -0.05) is 55.8 Å². The van der Waals surface area contributed by atoms with E-state index in [-0.39, 0.29) is 4.90 Å². The van der Waals surface area contributed by atoms with Crippen molar-refractivity contribution in [1.29, 1.82) is 10.5 Å². The third kappa shape index (κ3) is 5.32. The fourth-order valence-corrected chi connectivity index (χ4v) is 4.42. The smallest absolute Gasteiger partial charge is 0.308 e. The number of hydrogen-bond acceptors (Lipinski definition) is 7. The number of methoxy groups -OCH3 is 1. The molecule has 1 aromatic heterocycles. The van der Waals surface area contributed by atoms with Crippen LogP contribution < -0.4 is 9.62 Å². The molecule has 0 bridgehead atoms. The minimum Gasteiger partial charge on any atom is -0.479 e. The van der Waals surface area contributed by atoms with Crippen molar-refractivity contribution in [1.82, 2.24) is 14.4 Å². The number of aromatic nitrogens is 2. The summed E-state index contributed by atoms with van der Waals surface area (Å²) in [6.07, 6.45) is 3.96. The number of hydrogen-bond donors (Lipinski definition) is 1. The van der Waals surface area contributed by atoms with Crippen LogP contribution in [0, 0.1) is 22.8 Å². The molecule has 0 fully saturated rings. The molecule has 1 heterocycles. The molecule has 3 rings (SSSR count). The Morgan fingerprint density at radius 1 is 1.12 bits per heavy atom. The Bertz CT molecular complexity index is 1300. The van der Waals surface area contributed by atoms with Gasteiger partial charge in [-0.15, -0.1) is 5.26 Å². The van der Waals surface area contributed by atoms with Crippen LogP contribution in [0.4, 0.5) is 0 Å². The Morgan fingerprint density at radius 2 is 1.85 bits per heavy atom. The number of imidazole rings is 1. The maximum absolute atomic E-state index is 12.5. The van der Waals surface area contributed by atoms with E-state index in [1.54, 1.807) is 35.2 Å². The van der Waals surface area contributed by atoms with Crippen LogP contribution in [0.1, 0.15) is 36.8 Å². The second-order valence-electron chi connectivity index (χ2n) is 7.16. The van der Waals surface area contributed by atoms with Crippen molar-refractivity contribution in [2.45, 2.75) is 37.6 Å². The molecule has 0 radical (unpaired) electrons. The molecule has 9 nitrogen and oxygen atoms in total. The van der Waals surface area contributed by atoms with Gasteiger partial charge in [0.25, 0.3) is 15.9 Å². The minimum atomic E-state index is -4.04. The lowest BCUT2D eigenvalue weighted by Gasteiger charge is -2.12. The van der Waals surface area contributed by atoms with Crippen LogP contribution in [0.2, 0.25) is 0 Å². The summed E-state index contributed by atoms with van der Waals surface area (Å²) in [5, 5.41) is 18.1. The van der Waals surface area contributed by atoms with E-state index >= 15 is 0 Å². The molecule has 0 atom stereocenters. The Morgan fingerprint density at radius 3 is 2.48 bits per heavy atom. The average Bonchev–Trinajstić information content (AvgIpc) is 3.18. The molecule has 0 spiro atoms. The first-order chi connectivity index (χ1) is 15.9. The maximum atomic E-state index is 12.5. The molecule has 0 saturated carbocycles. The fourth-order valence-electron chi connectivity index (χ4n) is 3.45. The van der Waals surface area contributed by atoms with Gasteiger partial charge >= 0.3 is 6.26 Å². The van der Waals surface area contributed by atoms with Crippen LogP contribution in [0.25, 0.3) is 11.1 Å². The summed E-state index contributed by atoms with van der Waals surface area (Å²) in [5.41, 5.74) is 2.42. The molecule has 0 unspecified atom stereocenters. The van der Waals surface area contributed by atoms with Gasteiger partial charge in [-0.05, 0) is 28.5 Å². The van der Waals surface area contributed by atoms with Crippen molar-refractivity contribution in [3.63, 3.8) is 0 Å². The summed E-state index contributed by atoms with van der Waals surface area (Å²) < 4.78 is 32.1. The first-order valence-corrected chi connectivity index (χ1v) is 11.7. The van der Waals surface area contributed by atoms with E-state index < -0.39 is 10.0 Å². The fraction of sp³-hybridized carbons (Fsp3) is 0.261. The summed E-state index contributed by atoms with van der Waals surface area (Å²) >= 11 is 0. The number of nitrogens with one attached hydrogen (secondary N) is 1. The van der Waals surface area contributed by atoms with Crippen LogP contribution in [-0.4, -0.2) is 25.1 Å². The quantitative estimate of drug-likeness (QED) is 0.358. The number of unbranched alkanes of at least 4 members (excludes halogenated alkanes) is 1. The topological polar surface area (TPSA) is 130 Å². The first-order valence-electron chi connectivity index (χ1n) is 10.2. The molecular formula is C23H23N5O4S. The van der Waals surface area contributed by atoms with E-state index in [1.807, 2.05) is 16.7 Å². The van der Waals surface area contributed by atoms with Gasteiger partial charge in [0.15, 0.2) is 5.69 Å². The molecule has 10 heteroatoms.